The quantitative estimate of drug-likeness (QED) is 0.837. The van der Waals surface area contributed by atoms with Gasteiger partial charge in [-0.25, -0.2) is 0 Å². The van der Waals surface area contributed by atoms with Crippen molar-refractivity contribution in [1.29, 1.82) is 0 Å². The Morgan fingerprint density at radius 3 is 2.95 bits per heavy atom. The summed E-state index contributed by atoms with van der Waals surface area (Å²) in [6.45, 7) is 8.65. The summed E-state index contributed by atoms with van der Waals surface area (Å²) in [4.78, 5) is 4.43. The van der Waals surface area contributed by atoms with E-state index in [4.69, 9.17) is 15.2 Å². The maximum absolute atomic E-state index is 5.88. The first-order valence-electron chi connectivity index (χ1n) is 7.31. The summed E-state index contributed by atoms with van der Waals surface area (Å²) in [7, 11) is 0. The summed E-state index contributed by atoms with van der Waals surface area (Å²) >= 11 is 0. The highest BCUT2D eigenvalue weighted by atomic mass is 16.5. The zero-order valence-corrected chi connectivity index (χ0v) is 12.6. The third-order valence-electron chi connectivity index (χ3n) is 3.52. The minimum absolute atomic E-state index is 0.313. The molecule has 2 rings (SSSR count). The average Bonchev–Trinajstić information content (AvgIpc) is 2.81. The standard InChI is InChI=1S/C15H25N3O2/c1-10(2)9-20-15-13(16)4-5-14(18-15)17-8-12-6-7-19-11(12)3/h4-5,10-12H,6-9,16H2,1-3H3,(H,17,18). The number of hydrogen-bond acceptors (Lipinski definition) is 5. The number of pyridine rings is 1. The van der Waals surface area contributed by atoms with Crippen LogP contribution in [0, 0.1) is 11.8 Å². The van der Waals surface area contributed by atoms with Crippen LogP contribution in [-0.2, 0) is 4.74 Å². The number of rotatable bonds is 6. The molecule has 0 aliphatic carbocycles. The second-order valence-electron chi connectivity index (χ2n) is 5.80. The Bertz CT molecular complexity index is 437. The summed E-state index contributed by atoms with van der Waals surface area (Å²) in [5, 5.41) is 3.35. The molecule has 0 aromatic carbocycles. The molecule has 1 aliphatic heterocycles. The van der Waals surface area contributed by atoms with Crippen LogP contribution in [0.4, 0.5) is 11.5 Å². The van der Waals surface area contributed by atoms with Crippen LogP contribution in [-0.4, -0.2) is 30.8 Å². The molecule has 0 bridgehead atoms. The van der Waals surface area contributed by atoms with Crippen molar-refractivity contribution in [3.63, 3.8) is 0 Å². The largest absolute Gasteiger partial charge is 0.476 e. The van der Waals surface area contributed by atoms with E-state index in [0.29, 0.717) is 36.1 Å². The van der Waals surface area contributed by atoms with Crippen LogP contribution in [0.5, 0.6) is 5.88 Å². The fourth-order valence-corrected chi connectivity index (χ4v) is 2.19. The molecule has 2 unspecified atom stereocenters. The summed E-state index contributed by atoms with van der Waals surface area (Å²) in [5.41, 5.74) is 6.46. The van der Waals surface area contributed by atoms with E-state index in [1.54, 1.807) is 0 Å². The van der Waals surface area contributed by atoms with E-state index in [0.717, 1.165) is 25.4 Å². The Hall–Kier alpha value is -1.49. The van der Waals surface area contributed by atoms with Crippen LogP contribution in [0.1, 0.15) is 27.2 Å². The van der Waals surface area contributed by atoms with Gasteiger partial charge in [0.2, 0.25) is 5.88 Å². The number of nitrogens with one attached hydrogen (secondary N) is 1. The average molecular weight is 279 g/mol. The predicted molar refractivity (Wildman–Crippen MR) is 81.0 cm³/mol. The smallest absolute Gasteiger partial charge is 0.239 e. The van der Waals surface area contributed by atoms with Gasteiger partial charge in [0.05, 0.1) is 18.4 Å². The second kappa shape index (κ2) is 6.79. The third-order valence-corrected chi connectivity index (χ3v) is 3.52. The first-order valence-corrected chi connectivity index (χ1v) is 7.31. The van der Waals surface area contributed by atoms with E-state index in [1.165, 1.54) is 0 Å². The Balaban J connectivity index is 1.92. The van der Waals surface area contributed by atoms with Crippen molar-refractivity contribution >= 4 is 11.5 Å². The lowest BCUT2D eigenvalue weighted by molar-refractivity contribution is 0.108. The van der Waals surface area contributed by atoms with Crippen molar-refractivity contribution < 1.29 is 9.47 Å². The normalized spacial score (nSPS) is 22.2. The van der Waals surface area contributed by atoms with E-state index in [9.17, 15) is 0 Å². The van der Waals surface area contributed by atoms with E-state index in [-0.39, 0.29) is 0 Å². The lowest BCUT2D eigenvalue weighted by Gasteiger charge is -2.16. The highest BCUT2D eigenvalue weighted by Crippen LogP contribution is 2.24. The highest BCUT2D eigenvalue weighted by Gasteiger charge is 2.23. The Labute approximate surface area is 120 Å². The molecule has 0 amide bonds. The molecule has 1 fully saturated rings. The van der Waals surface area contributed by atoms with Crippen molar-refractivity contribution in [2.75, 3.05) is 30.8 Å². The van der Waals surface area contributed by atoms with Gasteiger partial charge in [-0.05, 0) is 31.4 Å². The number of aromatic nitrogens is 1. The SMILES string of the molecule is CC(C)COc1nc(NCC2CCOC2C)ccc1N. The molecule has 3 N–H and O–H groups in total. The van der Waals surface area contributed by atoms with E-state index in [2.05, 4.69) is 31.1 Å². The molecule has 2 heterocycles. The fourth-order valence-electron chi connectivity index (χ4n) is 2.19. The van der Waals surface area contributed by atoms with Crippen LogP contribution >= 0.6 is 0 Å². The molecule has 1 aliphatic rings. The van der Waals surface area contributed by atoms with Gasteiger partial charge in [0, 0.05) is 19.1 Å². The van der Waals surface area contributed by atoms with Crippen molar-refractivity contribution in [3.05, 3.63) is 12.1 Å². The lowest BCUT2D eigenvalue weighted by atomic mass is 10.0. The van der Waals surface area contributed by atoms with Crippen LogP contribution in [0.15, 0.2) is 12.1 Å². The molecule has 0 saturated carbocycles. The summed E-state index contributed by atoms with van der Waals surface area (Å²) in [6, 6.07) is 3.72. The zero-order chi connectivity index (χ0) is 14.5. The minimum Gasteiger partial charge on any atom is -0.476 e. The first kappa shape index (κ1) is 14.9. The molecule has 1 aromatic heterocycles. The van der Waals surface area contributed by atoms with Gasteiger partial charge in [-0.1, -0.05) is 13.8 Å². The lowest BCUT2D eigenvalue weighted by Crippen LogP contribution is -2.21. The maximum atomic E-state index is 5.88. The van der Waals surface area contributed by atoms with Gasteiger partial charge in [0.1, 0.15) is 5.82 Å². The number of nitrogens with zero attached hydrogens (tertiary/aromatic N) is 1. The minimum atomic E-state index is 0.313. The Kier molecular flexibility index (Phi) is 5.06. The number of hydrogen-bond donors (Lipinski definition) is 2. The zero-order valence-electron chi connectivity index (χ0n) is 12.6. The van der Waals surface area contributed by atoms with Gasteiger partial charge in [-0.3, -0.25) is 0 Å². The fraction of sp³-hybridized carbons (Fsp3) is 0.667. The van der Waals surface area contributed by atoms with Gasteiger partial charge in [0.15, 0.2) is 0 Å². The number of nitrogen functional groups attached to an aromatic ring is 1. The van der Waals surface area contributed by atoms with Crippen molar-refractivity contribution in [2.24, 2.45) is 11.8 Å². The Morgan fingerprint density at radius 1 is 1.50 bits per heavy atom. The molecule has 0 radical (unpaired) electrons. The highest BCUT2D eigenvalue weighted by molar-refractivity contribution is 5.53. The number of nitrogens with two attached hydrogens (primary N) is 1. The van der Waals surface area contributed by atoms with Gasteiger partial charge in [-0.15, -0.1) is 0 Å². The molecule has 1 aromatic rings. The van der Waals surface area contributed by atoms with Gasteiger partial charge in [0.25, 0.3) is 0 Å². The van der Waals surface area contributed by atoms with E-state index < -0.39 is 0 Å². The second-order valence-corrected chi connectivity index (χ2v) is 5.80. The summed E-state index contributed by atoms with van der Waals surface area (Å²) in [6.07, 6.45) is 1.41. The first-order chi connectivity index (χ1) is 9.56. The molecule has 5 nitrogen and oxygen atoms in total. The molecule has 5 heteroatoms. The number of ether oxygens (including phenoxy) is 2. The van der Waals surface area contributed by atoms with Crippen LogP contribution < -0.4 is 15.8 Å². The van der Waals surface area contributed by atoms with Gasteiger partial charge >= 0.3 is 0 Å². The van der Waals surface area contributed by atoms with Gasteiger partial charge < -0.3 is 20.5 Å². The molecule has 112 valence electrons. The van der Waals surface area contributed by atoms with Crippen molar-refractivity contribution in [1.82, 2.24) is 4.98 Å². The summed E-state index contributed by atoms with van der Waals surface area (Å²) in [5.74, 6) is 2.30. The number of anilines is 2. The van der Waals surface area contributed by atoms with E-state index >= 15 is 0 Å². The molecule has 20 heavy (non-hydrogen) atoms. The Morgan fingerprint density at radius 2 is 2.30 bits per heavy atom. The molecule has 1 saturated heterocycles. The molecular weight excluding hydrogens is 254 g/mol. The molecule has 0 spiro atoms. The maximum Gasteiger partial charge on any atom is 0.239 e. The monoisotopic (exact) mass is 279 g/mol. The van der Waals surface area contributed by atoms with Crippen LogP contribution in [0.2, 0.25) is 0 Å². The summed E-state index contributed by atoms with van der Waals surface area (Å²) < 4.78 is 11.2. The third kappa shape index (κ3) is 4.00. The van der Waals surface area contributed by atoms with Crippen molar-refractivity contribution in [3.8, 4) is 5.88 Å². The van der Waals surface area contributed by atoms with Gasteiger partial charge in [-0.2, -0.15) is 4.98 Å². The van der Waals surface area contributed by atoms with Crippen molar-refractivity contribution in [2.45, 2.75) is 33.3 Å². The predicted octanol–water partition coefficient (Wildman–Crippen LogP) is 2.54. The molecule has 2 atom stereocenters. The topological polar surface area (TPSA) is 69.4 Å². The van der Waals surface area contributed by atoms with Crippen LogP contribution in [0.25, 0.3) is 0 Å². The van der Waals surface area contributed by atoms with Crippen LogP contribution in [0.3, 0.4) is 0 Å². The van der Waals surface area contributed by atoms with E-state index in [1.807, 2.05) is 12.1 Å². The molecular formula is C15H25N3O2.